The van der Waals surface area contributed by atoms with Gasteiger partial charge in [-0.1, -0.05) is 59.8 Å². The third-order valence-electron chi connectivity index (χ3n) is 6.66. The summed E-state index contributed by atoms with van der Waals surface area (Å²) in [5.41, 5.74) is 1.66. The summed E-state index contributed by atoms with van der Waals surface area (Å²) in [4.78, 5) is 45.2. The van der Waals surface area contributed by atoms with Gasteiger partial charge in [0.15, 0.2) is 0 Å². The van der Waals surface area contributed by atoms with Gasteiger partial charge in [-0.25, -0.2) is 4.79 Å². The highest BCUT2D eigenvalue weighted by molar-refractivity contribution is 5.89. The normalized spacial score (nSPS) is 18.5. The van der Waals surface area contributed by atoms with Gasteiger partial charge in [-0.15, -0.1) is 5.06 Å². The van der Waals surface area contributed by atoms with Crippen LogP contribution < -0.4 is 10.6 Å². The van der Waals surface area contributed by atoms with Gasteiger partial charge < -0.3 is 20.0 Å². The molecule has 0 unspecified atom stereocenters. The Balaban J connectivity index is 1.36. The molecule has 1 aliphatic rings. The Morgan fingerprint density at radius 3 is 2.33 bits per heavy atom. The van der Waals surface area contributed by atoms with Crippen LogP contribution in [0.5, 0.6) is 0 Å². The fourth-order valence-electron chi connectivity index (χ4n) is 4.42. The first-order chi connectivity index (χ1) is 20.2. The minimum Gasteiger partial charge on any atom is -0.360 e. The number of hydroxylamine groups is 2. The molecule has 43 heavy (non-hydrogen) atoms. The maximum atomic E-state index is 13.1. The van der Waals surface area contributed by atoms with Gasteiger partial charge in [-0.3, -0.25) is 9.59 Å². The number of benzene rings is 2. The standard InChI is InChI=1S/C27H25F6N5O5/c1-15(22(39)34-14-16-7-9-18(10-8-16)21-36-24(42-37-21)26(28,29)30)35-23(40)20-13-19(17-5-3-2-4-6-17)11-12-38(20)43-25(41)27(31,32)33/h2-10,15,19-20H,11-14H2,1H3,(H,34,39)(H,35,40)/t15-,19-,20+/m0/s1. The van der Waals surface area contributed by atoms with E-state index in [0.29, 0.717) is 17.0 Å². The maximum Gasteiger partial charge on any atom is 0.492 e. The van der Waals surface area contributed by atoms with Crippen LogP contribution in [0.1, 0.15) is 42.7 Å². The number of carbonyl (C=O) groups is 3. The minimum atomic E-state index is -5.26. The van der Waals surface area contributed by atoms with Crippen LogP contribution in [0.4, 0.5) is 26.3 Å². The van der Waals surface area contributed by atoms with Crippen molar-refractivity contribution in [2.75, 3.05) is 6.54 Å². The van der Waals surface area contributed by atoms with Crippen LogP contribution in [0.25, 0.3) is 11.4 Å². The molecule has 0 bridgehead atoms. The van der Waals surface area contributed by atoms with Crippen LogP contribution in [0.15, 0.2) is 59.1 Å². The largest absolute Gasteiger partial charge is 0.492 e. The number of piperidine rings is 1. The van der Waals surface area contributed by atoms with E-state index in [1.807, 2.05) is 12.1 Å². The number of hydrogen-bond donors (Lipinski definition) is 2. The molecule has 0 spiro atoms. The van der Waals surface area contributed by atoms with E-state index in [9.17, 15) is 40.7 Å². The van der Waals surface area contributed by atoms with Crippen LogP contribution in [0.2, 0.25) is 0 Å². The number of halogens is 6. The van der Waals surface area contributed by atoms with E-state index in [4.69, 9.17) is 0 Å². The highest BCUT2D eigenvalue weighted by Crippen LogP contribution is 2.33. The Hall–Kier alpha value is -4.47. The summed E-state index contributed by atoms with van der Waals surface area (Å²) >= 11 is 0. The van der Waals surface area contributed by atoms with Gasteiger partial charge in [-0.2, -0.15) is 31.3 Å². The smallest absolute Gasteiger partial charge is 0.360 e. The van der Waals surface area contributed by atoms with Gasteiger partial charge in [0.2, 0.25) is 17.6 Å². The van der Waals surface area contributed by atoms with Crippen molar-refractivity contribution in [3.05, 3.63) is 71.6 Å². The molecular weight excluding hydrogens is 588 g/mol. The van der Waals surface area contributed by atoms with Crippen LogP contribution >= 0.6 is 0 Å². The molecule has 2 heterocycles. The van der Waals surface area contributed by atoms with Crippen molar-refractivity contribution in [2.45, 2.75) is 56.7 Å². The number of nitrogens with one attached hydrogen (secondary N) is 2. The Labute approximate surface area is 240 Å². The first kappa shape index (κ1) is 31.5. The molecule has 3 atom stereocenters. The minimum absolute atomic E-state index is 0.0196. The van der Waals surface area contributed by atoms with Crippen molar-refractivity contribution >= 4 is 17.8 Å². The Morgan fingerprint density at radius 2 is 1.72 bits per heavy atom. The van der Waals surface area contributed by atoms with Gasteiger partial charge in [0.05, 0.1) is 0 Å². The fourth-order valence-corrected chi connectivity index (χ4v) is 4.42. The maximum absolute atomic E-state index is 13.1. The van der Waals surface area contributed by atoms with Gasteiger partial charge in [-0.05, 0) is 36.8 Å². The van der Waals surface area contributed by atoms with E-state index in [1.165, 1.54) is 31.2 Å². The number of aromatic nitrogens is 2. The molecular formula is C27H25F6N5O5. The van der Waals surface area contributed by atoms with E-state index in [0.717, 1.165) is 5.56 Å². The first-order valence-electron chi connectivity index (χ1n) is 12.9. The number of rotatable bonds is 8. The van der Waals surface area contributed by atoms with E-state index in [-0.39, 0.29) is 36.8 Å². The monoisotopic (exact) mass is 613 g/mol. The molecule has 2 aromatic carbocycles. The molecule has 0 radical (unpaired) electrons. The second-order valence-electron chi connectivity index (χ2n) is 9.73. The Kier molecular flexibility index (Phi) is 9.37. The number of amides is 2. The quantitative estimate of drug-likeness (QED) is 0.363. The van der Waals surface area contributed by atoms with Gasteiger partial charge >= 0.3 is 24.2 Å². The average Bonchev–Trinajstić information content (AvgIpc) is 3.47. The molecule has 3 aromatic rings. The van der Waals surface area contributed by atoms with Crippen molar-refractivity contribution < 1.29 is 50.1 Å². The predicted octanol–water partition coefficient (Wildman–Crippen LogP) is 4.15. The molecule has 4 rings (SSSR count). The summed E-state index contributed by atoms with van der Waals surface area (Å²) in [5, 5.41) is 9.04. The second kappa shape index (κ2) is 12.8. The summed E-state index contributed by atoms with van der Waals surface area (Å²) in [6.07, 6.45) is -9.69. The number of carbonyl (C=O) groups excluding carboxylic acids is 3. The summed E-state index contributed by atoms with van der Waals surface area (Å²) in [7, 11) is 0. The van der Waals surface area contributed by atoms with Gasteiger partial charge in [0.1, 0.15) is 12.1 Å². The molecule has 16 heteroatoms. The molecule has 10 nitrogen and oxygen atoms in total. The van der Waals surface area contributed by atoms with Crippen LogP contribution in [0.3, 0.4) is 0 Å². The molecule has 2 N–H and O–H groups in total. The number of alkyl halides is 6. The highest BCUT2D eigenvalue weighted by Gasteiger charge is 2.46. The summed E-state index contributed by atoms with van der Waals surface area (Å²) < 4.78 is 80.8. The lowest BCUT2D eigenvalue weighted by Crippen LogP contribution is -2.55. The van der Waals surface area contributed by atoms with E-state index in [1.54, 1.807) is 18.2 Å². The number of nitrogens with zero attached hydrogens (tertiary/aromatic N) is 3. The number of hydrogen-bond acceptors (Lipinski definition) is 8. The van der Waals surface area contributed by atoms with Crippen LogP contribution in [-0.4, -0.2) is 57.8 Å². The van der Waals surface area contributed by atoms with Gasteiger partial charge in [0.25, 0.3) is 0 Å². The predicted molar refractivity (Wildman–Crippen MR) is 135 cm³/mol. The van der Waals surface area contributed by atoms with E-state index in [2.05, 4.69) is 30.1 Å². The topological polar surface area (TPSA) is 127 Å². The molecule has 1 saturated heterocycles. The van der Waals surface area contributed by atoms with Crippen molar-refractivity contribution in [1.82, 2.24) is 25.8 Å². The molecule has 1 fully saturated rings. The van der Waals surface area contributed by atoms with Crippen molar-refractivity contribution in [2.24, 2.45) is 0 Å². The fraction of sp³-hybridized carbons (Fsp3) is 0.370. The van der Waals surface area contributed by atoms with Crippen molar-refractivity contribution in [1.29, 1.82) is 0 Å². The Bertz CT molecular complexity index is 1430. The zero-order valence-electron chi connectivity index (χ0n) is 22.4. The second-order valence-corrected chi connectivity index (χ2v) is 9.73. The highest BCUT2D eigenvalue weighted by atomic mass is 19.4. The molecule has 0 saturated carbocycles. The van der Waals surface area contributed by atoms with Gasteiger partial charge in [0, 0.05) is 18.7 Å². The van der Waals surface area contributed by atoms with Crippen LogP contribution in [0, 0.1) is 0 Å². The lowest BCUT2D eigenvalue weighted by Gasteiger charge is -2.37. The van der Waals surface area contributed by atoms with E-state index < -0.39 is 48.1 Å². The SMILES string of the molecule is C[C@H](NC(=O)[C@H]1C[C@@H](c2ccccc2)CCN1OC(=O)C(F)(F)F)C(=O)NCc1ccc(-c2noc(C(F)(F)F)n2)cc1. The third-order valence-corrected chi connectivity index (χ3v) is 6.66. The Morgan fingerprint density at radius 1 is 1.05 bits per heavy atom. The molecule has 0 aliphatic carbocycles. The summed E-state index contributed by atoms with van der Waals surface area (Å²) in [6.45, 7) is 1.21. The van der Waals surface area contributed by atoms with Crippen molar-refractivity contribution in [3.8, 4) is 11.4 Å². The lowest BCUT2D eigenvalue weighted by molar-refractivity contribution is -0.249. The van der Waals surface area contributed by atoms with Crippen LogP contribution in [-0.2, 0) is 31.9 Å². The molecule has 230 valence electrons. The summed E-state index contributed by atoms with van der Waals surface area (Å²) in [5.74, 6) is -5.86. The lowest BCUT2D eigenvalue weighted by atomic mass is 9.86. The first-order valence-corrected chi connectivity index (χ1v) is 12.9. The third kappa shape index (κ3) is 8.09. The molecule has 1 aliphatic heterocycles. The molecule has 1 aromatic heterocycles. The summed E-state index contributed by atoms with van der Waals surface area (Å²) in [6, 6.07) is 12.5. The van der Waals surface area contributed by atoms with Crippen molar-refractivity contribution in [3.63, 3.8) is 0 Å². The molecule has 2 amide bonds. The zero-order valence-corrected chi connectivity index (χ0v) is 22.4. The zero-order chi connectivity index (χ0) is 31.4. The van der Waals surface area contributed by atoms with E-state index >= 15 is 0 Å². The average molecular weight is 614 g/mol.